The van der Waals surface area contributed by atoms with Gasteiger partial charge in [0, 0.05) is 12.1 Å². The van der Waals surface area contributed by atoms with E-state index >= 15 is 0 Å². The molecule has 1 aromatic rings. The third-order valence-electron chi connectivity index (χ3n) is 2.53. The van der Waals surface area contributed by atoms with Gasteiger partial charge in [-0.3, -0.25) is 4.79 Å². The highest BCUT2D eigenvalue weighted by molar-refractivity contribution is 4.83. The molecule has 4 nitrogen and oxygen atoms in total. The molecular formula is C9H14N2O2. The SMILES string of the molecule is C[C@H]1C[C@@H](n2occc2=O)CCN1. The number of hydrogen-bond donors (Lipinski definition) is 1. The van der Waals surface area contributed by atoms with Gasteiger partial charge in [0.2, 0.25) is 0 Å². The fourth-order valence-corrected chi connectivity index (χ4v) is 1.86. The van der Waals surface area contributed by atoms with Crippen molar-refractivity contribution in [2.75, 3.05) is 6.54 Å². The third kappa shape index (κ3) is 1.67. The topological polar surface area (TPSA) is 47.2 Å². The summed E-state index contributed by atoms with van der Waals surface area (Å²) in [5, 5.41) is 3.34. The van der Waals surface area contributed by atoms with Crippen LogP contribution in [0.25, 0.3) is 0 Å². The van der Waals surface area contributed by atoms with Crippen LogP contribution in [-0.4, -0.2) is 17.3 Å². The average molecular weight is 182 g/mol. The van der Waals surface area contributed by atoms with Gasteiger partial charge in [-0.25, -0.2) is 0 Å². The van der Waals surface area contributed by atoms with Crippen molar-refractivity contribution >= 4 is 0 Å². The zero-order valence-corrected chi connectivity index (χ0v) is 7.69. The van der Waals surface area contributed by atoms with Crippen LogP contribution < -0.4 is 10.9 Å². The van der Waals surface area contributed by atoms with Gasteiger partial charge in [0.25, 0.3) is 5.56 Å². The normalized spacial score (nSPS) is 29.0. The lowest BCUT2D eigenvalue weighted by atomic mass is 10.0. The molecule has 0 bridgehead atoms. The smallest absolute Gasteiger partial charge is 0.282 e. The van der Waals surface area contributed by atoms with E-state index in [1.807, 2.05) is 0 Å². The molecule has 0 amide bonds. The molecular weight excluding hydrogens is 168 g/mol. The number of aromatic nitrogens is 1. The molecule has 1 aliphatic heterocycles. The largest absolute Gasteiger partial charge is 0.384 e. The molecule has 72 valence electrons. The summed E-state index contributed by atoms with van der Waals surface area (Å²) in [5.41, 5.74) is -0.0286. The fourth-order valence-electron chi connectivity index (χ4n) is 1.86. The summed E-state index contributed by atoms with van der Waals surface area (Å²) in [7, 11) is 0. The Labute approximate surface area is 76.5 Å². The molecule has 0 aromatic carbocycles. The molecule has 1 fully saturated rings. The monoisotopic (exact) mass is 182 g/mol. The highest BCUT2D eigenvalue weighted by atomic mass is 16.5. The molecule has 0 aliphatic carbocycles. The summed E-state index contributed by atoms with van der Waals surface area (Å²) in [4.78, 5) is 11.3. The molecule has 1 saturated heterocycles. The predicted octanol–water partition coefficient (Wildman–Crippen LogP) is 0.754. The molecule has 2 atom stereocenters. The zero-order chi connectivity index (χ0) is 9.26. The second-order valence-corrected chi connectivity index (χ2v) is 3.61. The summed E-state index contributed by atoms with van der Waals surface area (Å²) >= 11 is 0. The van der Waals surface area contributed by atoms with E-state index in [0.29, 0.717) is 6.04 Å². The molecule has 0 spiro atoms. The third-order valence-corrected chi connectivity index (χ3v) is 2.53. The Balaban J connectivity index is 2.17. The van der Waals surface area contributed by atoms with Gasteiger partial charge >= 0.3 is 0 Å². The Bertz CT molecular complexity index is 328. The summed E-state index contributed by atoms with van der Waals surface area (Å²) < 4.78 is 6.61. The highest BCUT2D eigenvalue weighted by Gasteiger charge is 2.21. The van der Waals surface area contributed by atoms with Crippen LogP contribution in [0.1, 0.15) is 25.8 Å². The van der Waals surface area contributed by atoms with Crippen LogP contribution in [0.4, 0.5) is 0 Å². The zero-order valence-electron chi connectivity index (χ0n) is 7.69. The van der Waals surface area contributed by atoms with Crippen LogP contribution in [0.15, 0.2) is 21.6 Å². The lowest BCUT2D eigenvalue weighted by Crippen LogP contribution is -2.38. The molecule has 0 saturated carbocycles. The van der Waals surface area contributed by atoms with E-state index in [-0.39, 0.29) is 11.6 Å². The van der Waals surface area contributed by atoms with E-state index in [9.17, 15) is 4.79 Å². The Kier molecular flexibility index (Phi) is 2.22. The van der Waals surface area contributed by atoms with Gasteiger partial charge in [-0.2, -0.15) is 4.74 Å². The van der Waals surface area contributed by atoms with Crippen LogP contribution in [-0.2, 0) is 0 Å². The van der Waals surface area contributed by atoms with Gasteiger partial charge in [0.1, 0.15) is 6.26 Å². The lowest BCUT2D eigenvalue weighted by Gasteiger charge is -2.27. The summed E-state index contributed by atoms with van der Waals surface area (Å²) in [6.07, 6.45) is 3.39. The molecule has 1 aliphatic rings. The quantitative estimate of drug-likeness (QED) is 0.697. The first-order chi connectivity index (χ1) is 6.27. The number of nitrogens with zero attached hydrogens (tertiary/aromatic N) is 1. The molecule has 2 heterocycles. The minimum Gasteiger partial charge on any atom is -0.384 e. The molecule has 2 rings (SSSR count). The van der Waals surface area contributed by atoms with Crippen molar-refractivity contribution in [1.82, 2.24) is 10.1 Å². The maximum absolute atomic E-state index is 11.3. The van der Waals surface area contributed by atoms with Crippen LogP contribution in [0.5, 0.6) is 0 Å². The Morgan fingerprint density at radius 2 is 2.54 bits per heavy atom. The fraction of sp³-hybridized carbons (Fsp3) is 0.667. The van der Waals surface area contributed by atoms with Gasteiger partial charge in [-0.05, 0) is 26.3 Å². The number of hydrogen-bond acceptors (Lipinski definition) is 3. The van der Waals surface area contributed by atoms with Crippen molar-refractivity contribution in [3.63, 3.8) is 0 Å². The van der Waals surface area contributed by atoms with Crippen molar-refractivity contribution in [3.8, 4) is 0 Å². The van der Waals surface area contributed by atoms with Crippen molar-refractivity contribution < 1.29 is 4.52 Å². The predicted molar refractivity (Wildman–Crippen MR) is 48.7 cm³/mol. The molecule has 13 heavy (non-hydrogen) atoms. The van der Waals surface area contributed by atoms with E-state index in [0.717, 1.165) is 19.4 Å². The summed E-state index contributed by atoms with van der Waals surface area (Å²) in [6, 6.07) is 2.17. The molecule has 4 heteroatoms. The standard InChI is InChI=1S/C9H14N2O2/c1-7-6-8(2-4-10-7)11-9(12)3-5-13-11/h3,5,7-8,10H,2,4,6H2,1H3/t7-,8-/m0/s1. The maximum atomic E-state index is 11.3. The first-order valence-corrected chi connectivity index (χ1v) is 4.67. The van der Waals surface area contributed by atoms with Crippen molar-refractivity contribution in [2.45, 2.75) is 31.8 Å². The Morgan fingerprint density at radius 1 is 1.69 bits per heavy atom. The minimum atomic E-state index is -0.0286. The second-order valence-electron chi connectivity index (χ2n) is 3.61. The number of piperidine rings is 1. The summed E-state index contributed by atoms with van der Waals surface area (Å²) in [5.74, 6) is 0. The molecule has 0 radical (unpaired) electrons. The van der Waals surface area contributed by atoms with E-state index in [4.69, 9.17) is 4.52 Å². The van der Waals surface area contributed by atoms with Gasteiger partial charge in [-0.1, -0.05) is 0 Å². The molecule has 1 aromatic heterocycles. The number of rotatable bonds is 1. The van der Waals surface area contributed by atoms with Gasteiger partial charge in [0.15, 0.2) is 0 Å². The second kappa shape index (κ2) is 3.38. The minimum absolute atomic E-state index is 0.0286. The Morgan fingerprint density at radius 3 is 3.15 bits per heavy atom. The van der Waals surface area contributed by atoms with Gasteiger partial charge in [-0.15, -0.1) is 0 Å². The van der Waals surface area contributed by atoms with E-state index in [1.165, 1.54) is 17.1 Å². The molecule has 0 unspecified atom stereocenters. The van der Waals surface area contributed by atoms with E-state index in [2.05, 4.69) is 12.2 Å². The van der Waals surface area contributed by atoms with E-state index in [1.54, 1.807) is 0 Å². The van der Waals surface area contributed by atoms with Gasteiger partial charge in [0.05, 0.1) is 6.04 Å². The maximum Gasteiger partial charge on any atom is 0.282 e. The van der Waals surface area contributed by atoms with Crippen LogP contribution in [0, 0.1) is 0 Å². The van der Waals surface area contributed by atoms with Crippen molar-refractivity contribution in [1.29, 1.82) is 0 Å². The van der Waals surface area contributed by atoms with Gasteiger partial charge < -0.3 is 9.84 Å². The first-order valence-electron chi connectivity index (χ1n) is 4.67. The number of nitrogens with one attached hydrogen (secondary N) is 1. The molecule has 1 N–H and O–H groups in total. The Hall–Kier alpha value is -1.03. The van der Waals surface area contributed by atoms with E-state index < -0.39 is 0 Å². The van der Waals surface area contributed by atoms with Crippen LogP contribution in [0.3, 0.4) is 0 Å². The first kappa shape index (κ1) is 8.56. The van der Waals surface area contributed by atoms with Crippen LogP contribution in [0.2, 0.25) is 0 Å². The lowest BCUT2D eigenvalue weighted by molar-refractivity contribution is 0.164. The van der Waals surface area contributed by atoms with Crippen molar-refractivity contribution in [3.05, 3.63) is 22.7 Å². The van der Waals surface area contributed by atoms with Crippen LogP contribution >= 0.6 is 0 Å². The average Bonchev–Trinajstić information content (AvgIpc) is 2.51. The summed E-state index contributed by atoms with van der Waals surface area (Å²) in [6.45, 7) is 3.08. The van der Waals surface area contributed by atoms with Crippen molar-refractivity contribution in [2.24, 2.45) is 0 Å². The highest BCUT2D eigenvalue weighted by Crippen LogP contribution is 2.19.